The third kappa shape index (κ3) is 3.33. The number of hydrogen-bond acceptors (Lipinski definition) is 6. The summed E-state index contributed by atoms with van der Waals surface area (Å²) in [5.74, 6) is 0.178. The van der Waals surface area contributed by atoms with Gasteiger partial charge in [-0.25, -0.2) is 0 Å². The molecule has 0 atom stereocenters. The third-order valence-electron chi connectivity index (χ3n) is 3.65. The second-order valence-corrected chi connectivity index (χ2v) is 5.22. The van der Waals surface area contributed by atoms with Crippen molar-refractivity contribution in [1.29, 1.82) is 0 Å². The molecule has 2 N–H and O–H groups in total. The Kier molecular flexibility index (Phi) is 4.67. The molecule has 0 aliphatic heterocycles. The largest absolute Gasteiger partial charge is 0.455 e. The Balaban J connectivity index is 1.88. The molecule has 2 aromatic carbocycles. The minimum Gasteiger partial charge on any atom is -0.455 e. The zero-order valence-electron chi connectivity index (χ0n) is 13.2. The fraction of sp³-hybridized carbons (Fsp3) is 0.167. The molecule has 6 nitrogen and oxygen atoms in total. The quantitative estimate of drug-likeness (QED) is 0.726. The van der Waals surface area contributed by atoms with E-state index in [1.807, 2.05) is 37.3 Å². The van der Waals surface area contributed by atoms with Crippen LogP contribution in [0.4, 0.5) is 0 Å². The van der Waals surface area contributed by atoms with E-state index in [0.29, 0.717) is 5.82 Å². The Morgan fingerprint density at radius 2 is 1.88 bits per heavy atom. The van der Waals surface area contributed by atoms with Crippen molar-refractivity contribution in [3.8, 4) is 22.5 Å². The molecule has 0 saturated heterocycles. The first kappa shape index (κ1) is 15.9. The van der Waals surface area contributed by atoms with Gasteiger partial charge in [-0.3, -0.25) is 4.79 Å². The molecule has 1 aromatic heterocycles. The molecule has 0 aliphatic carbocycles. The highest BCUT2D eigenvalue weighted by atomic mass is 16.6. The molecular formula is C18H17N3O3. The van der Waals surface area contributed by atoms with Gasteiger partial charge in [0.15, 0.2) is 6.61 Å². The van der Waals surface area contributed by atoms with Gasteiger partial charge in [0, 0.05) is 5.56 Å². The molecule has 0 unspecified atom stereocenters. The maximum atomic E-state index is 11.1. The van der Waals surface area contributed by atoms with Gasteiger partial charge in [0.1, 0.15) is 0 Å². The lowest BCUT2D eigenvalue weighted by Gasteiger charge is -2.09. The number of carbonyl (C=O) groups is 1. The predicted octanol–water partition coefficient (Wildman–Crippen LogP) is 2.71. The molecule has 1 heterocycles. The monoisotopic (exact) mass is 323 g/mol. The predicted molar refractivity (Wildman–Crippen MR) is 88.8 cm³/mol. The van der Waals surface area contributed by atoms with Crippen molar-refractivity contribution in [1.82, 2.24) is 10.1 Å². The number of benzene rings is 2. The smallest absolute Gasteiger partial charge is 0.320 e. The fourth-order valence-corrected chi connectivity index (χ4v) is 2.43. The molecule has 0 aliphatic rings. The number of hydrogen-bond donors (Lipinski definition) is 1. The highest BCUT2D eigenvalue weighted by Gasteiger charge is 2.14. The maximum absolute atomic E-state index is 11.1. The lowest BCUT2D eigenvalue weighted by Crippen LogP contribution is -2.16. The number of carbonyl (C=O) groups excluding carboxylic acids is 1. The van der Waals surface area contributed by atoms with Crippen molar-refractivity contribution in [2.45, 2.75) is 13.5 Å². The summed E-state index contributed by atoms with van der Waals surface area (Å²) in [5, 5.41) is 3.98. The van der Waals surface area contributed by atoms with E-state index >= 15 is 0 Å². The third-order valence-corrected chi connectivity index (χ3v) is 3.65. The van der Waals surface area contributed by atoms with Gasteiger partial charge < -0.3 is 15.0 Å². The van der Waals surface area contributed by atoms with Crippen LogP contribution in [0, 0.1) is 6.92 Å². The molecule has 0 saturated carbocycles. The number of nitrogens with zero attached hydrogens (tertiary/aromatic N) is 2. The number of esters is 1. The van der Waals surface area contributed by atoms with E-state index in [9.17, 15) is 4.79 Å². The van der Waals surface area contributed by atoms with E-state index in [-0.39, 0.29) is 19.0 Å². The first-order valence-electron chi connectivity index (χ1n) is 7.52. The van der Waals surface area contributed by atoms with E-state index < -0.39 is 5.97 Å². The van der Waals surface area contributed by atoms with Crippen molar-refractivity contribution in [3.05, 3.63) is 60.0 Å². The summed E-state index contributed by atoms with van der Waals surface area (Å²) in [6, 6.07) is 16.0. The second-order valence-electron chi connectivity index (χ2n) is 5.22. The molecule has 24 heavy (non-hydrogen) atoms. The minimum absolute atomic E-state index is 0.0829. The van der Waals surface area contributed by atoms with Gasteiger partial charge in [-0.15, -0.1) is 0 Å². The van der Waals surface area contributed by atoms with Gasteiger partial charge in [0.25, 0.3) is 5.89 Å². The van der Waals surface area contributed by atoms with Gasteiger partial charge >= 0.3 is 5.97 Å². The van der Waals surface area contributed by atoms with Crippen LogP contribution in [-0.4, -0.2) is 22.7 Å². The van der Waals surface area contributed by atoms with Crippen LogP contribution in [0.2, 0.25) is 0 Å². The lowest BCUT2D eigenvalue weighted by atomic mass is 9.96. The van der Waals surface area contributed by atoms with Crippen LogP contribution in [0.15, 0.2) is 53.1 Å². The van der Waals surface area contributed by atoms with Crippen molar-refractivity contribution in [2.24, 2.45) is 5.73 Å². The highest BCUT2D eigenvalue weighted by Crippen LogP contribution is 2.30. The molecule has 3 aromatic rings. The van der Waals surface area contributed by atoms with Crippen LogP contribution in [-0.2, 0) is 16.1 Å². The summed E-state index contributed by atoms with van der Waals surface area (Å²) in [4.78, 5) is 15.4. The Hall–Kier alpha value is -2.99. The number of aromatic nitrogens is 2. The molecule has 0 amide bonds. The maximum Gasteiger partial charge on any atom is 0.320 e. The molecule has 0 spiro atoms. The average Bonchev–Trinajstić information content (AvgIpc) is 3.09. The van der Waals surface area contributed by atoms with Gasteiger partial charge in [-0.1, -0.05) is 53.7 Å². The fourth-order valence-electron chi connectivity index (χ4n) is 2.43. The standard InChI is InChI=1S/C18H17N3O3/c1-12-14(13-6-3-2-4-7-13)8-5-9-15(12)18-20-16(24-21-18)11-23-17(22)10-19/h2-9H,10-11,19H2,1H3. The van der Waals surface area contributed by atoms with Crippen LogP contribution in [0.1, 0.15) is 11.5 Å². The number of nitrogens with two attached hydrogens (primary N) is 1. The zero-order chi connectivity index (χ0) is 16.9. The van der Waals surface area contributed by atoms with Crippen LogP contribution in [0.3, 0.4) is 0 Å². The molecule has 6 heteroatoms. The van der Waals surface area contributed by atoms with Crippen molar-refractivity contribution >= 4 is 5.97 Å². The molecule has 0 bridgehead atoms. The Labute approximate surface area is 139 Å². The summed E-state index contributed by atoms with van der Waals surface area (Å²) in [7, 11) is 0. The molecular weight excluding hydrogens is 306 g/mol. The molecule has 122 valence electrons. The number of rotatable bonds is 5. The van der Waals surface area contributed by atoms with E-state index in [0.717, 1.165) is 22.3 Å². The summed E-state index contributed by atoms with van der Waals surface area (Å²) < 4.78 is 10.0. The van der Waals surface area contributed by atoms with Crippen molar-refractivity contribution in [2.75, 3.05) is 6.54 Å². The Morgan fingerprint density at radius 1 is 1.12 bits per heavy atom. The van der Waals surface area contributed by atoms with E-state index in [1.54, 1.807) is 0 Å². The topological polar surface area (TPSA) is 91.2 Å². The zero-order valence-corrected chi connectivity index (χ0v) is 13.2. The minimum atomic E-state index is -0.517. The van der Waals surface area contributed by atoms with Gasteiger partial charge in [-0.2, -0.15) is 4.98 Å². The van der Waals surface area contributed by atoms with Crippen LogP contribution < -0.4 is 5.73 Å². The first-order valence-corrected chi connectivity index (χ1v) is 7.52. The van der Waals surface area contributed by atoms with Crippen molar-refractivity contribution in [3.63, 3.8) is 0 Å². The highest BCUT2D eigenvalue weighted by molar-refractivity contribution is 5.75. The van der Waals surface area contributed by atoms with Gasteiger partial charge in [0.2, 0.25) is 5.82 Å². The van der Waals surface area contributed by atoms with E-state index in [4.69, 9.17) is 15.0 Å². The second kappa shape index (κ2) is 7.06. The molecule has 0 fully saturated rings. The summed E-state index contributed by atoms with van der Waals surface area (Å²) in [5.41, 5.74) is 9.33. The summed E-state index contributed by atoms with van der Waals surface area (Å²) in [6.07, 6.45) is 0. The average molecular weight is 323 g/mol. The first-order chi connectivity index (χ1) is 11.7. The van der Waals surface area contributed by atoms with Gasteiger partial charge in [-0.05, 0) is 23.6 Å². The van der Waals surface area contributed by atoms with Crippen LogP contribution in [0.25, 0.3) is 22.5 Å². The summed E-state index contributed by atoms with van der Waals surface area (Å²) in [6.45, 7) is 1.75. The van der Waals surface area contributed by atoms with Crippen molar-refractivity contribution < 1.29 is 14.1 Å². The lowest BCUT2D eigenvalue weighted by molar-refractivity contribution is -0.143. The normalized spacial score (nSPS) is 10.6. The van der Waals surface area contributed by atoms with Gasteiger partial charge in [0.05, 0.1) is 6.54 Å². The van der Waals surface area contributed by atoms with Crippen LogP contribution in [0.5, 0.6) is 0 Å². The summed E-state index contributed by atoms with van der Waals surface area (Å²) >= 11 is 0. The SMILES string of the molecule is Cc1c(-c2ccccc2)cccc1-c1noc(COC(=O)CN)n1. The Bertz CT molecular complexity index is 844. The van der Waals surface area contributed by atoms with E-state index in [1.165, 1.54) is 0 Å². The number of ether oxygens (including phenoxy) is 1. The van der Waals surface area contributed by atoms with Crippen LogP contribution >= 0.6 is 0 Å². The molecule has 0 radical (unpaired) electrons. The Morgan fingerprint density at radius 3 is 2.62 bits per heavy atom. The molecule has 3 rings (SSSR count). The van der Waals surface area contributed by atoms with E-state index in [2.05, 4.69) is 28.3 Å².